The van der Waals surface area contributed by atoms with Gasteiger partial charge in [0.05, 0.1) is 11.3 Å². The Hall–Kier alpha value is -1.70. The first-order valence-corrected chi connectivity index (χ1v) is 8.74. The lowest BCUT2D eigenvalue weighted by Gasteiger charge is -2.19. The average Bonchev–Trinajstić information content (AvgIpc) is 2.46. The second kappa shape index (κ2) is 7.72. The van der Waals surface area contributed by atoms with Crippen LogP contribution < -0.4 is 10.1 Å². The molecule has 0 bridgehead atoms. The summed E-state index contributed by atoms with van der Waals surface area (Å²) in [5, 5.41) is 0.801. The Morgan fingerprint density at radius 3 is 2.04 bits per heavy atom. The zero-order valence-electron chi connectivity index (χ0n) is 13.4. The SMILES string of the molecule is CC(C)S(=O)(=O)[C@@H](C)C(=O)N[C@H](C)c1ccc(OC(F)F)cc1. The largest absolute Gasteiger partial charge is 0.435 e. The van der Waals surface area contributed by atoms with Crippen LogP contribution in [0.5, 0.6) is 5.75 Å². The first-order valence-electron chi connectivity index (χ1n) is 7.13. The lowest BCUT2D eigenvalue weighted by molar-refractivity contribution is -0.121. The Kier molecular flexibility index (Phi) is 6.49. The number of sulfone groups is 1. The van der Waals surface area contributed by atoms with Crippen LogP contribution >= 0.6 is 0 Å². The Morgan fingerprint density at radius 1 is 1.09 bits per heavy atom. The number of carbonyl (C=O) groups is 1. The Bertz CT molecular complexity index is 629. The van der Waals surface area contributed by atoms with E-state index in [0.29, 0.717) is 5.56 Å². The lowest BCUT2D eigenvalue weighted by atomic mass is 10.1. The molecule has 8 heteroatoms. The zero-order valence-corrected chi connectivity index (χ0v) is 14.2. The molecule has 0 fully saturated rings. The molecule has 0 saturated carbocycles. The number of amides is 1. The van der Waals surface area contributed by atoms with Gasteiger partial charge in [0.15, 0.2) is 9.84 Å². The third-order valence-corrected chi connectivity index (χ3v) is 6.00. The number of halogens is 2. The van der Waals surface area contributed by atoms with Crippen molar-refractivity contribution in [3.05, 3.63) is 29.8 Å². The first-order chi connectivity index (χ1) is 10.6. The monoisotopic (exact) mass is 349 g/mol. The van der Waals surface area contributed by atoms with E-state index in [2.05, 4.69) is 10.1 Å². The van der Waals surface area contributed by atoms with Crippen molar-refractivity contribution in [3.8, 4) is 5.75 Å². The number of alkyl halides is 2. The fraction of sp³-hybridized carbons (Fsp3) is 0.533. The zero-order chi connectivity index (χ0) is 17.8. The number of hydrogen-bond donors (Lipinski definition) is 1. The molecule has 2 atom stereocenters. The van der Waals surface area contributed by atoms with Gasteiger partial charge in [0, 0.05) is 0 Å². The van der Waals surface area contributed by atoms with Crippen LogP contribution in [0.15, 0.2) is 24.3 Å². The molecule has 0 heterocycles. The number of rotatable bonds is 7. The van der Waals surface area contributed by atoms with E-state index in [1.54, 1.807) is 6.92 Å². The molecule has 0 aromatic heterocycles. The molecule has 5 nitrogen and oxygen atoms in total. The van der Waals surface area contributed by atoms with Crippen molar-refractivity contribution >= 4 is 15.7 Å². The molecule has 0 aliphatic rings. The van der Waals surface area contributed by atoms with Crippen molar-refractivity contribution < 1.29 is 26.7 Å². The first kappa shape index (κ1) is 19.3. The highest BCUT2D eigenvalue weighted by Crippen LogP contribution is 2.20. The smallest absolute Gasteiger partial charge is 0.387 e. The van der Waals surface area contributed by atoms with E-state index in [1.165, 1.54) is 45.0 Å². The number of nitrogens with one attached hydrogen (secondary N) is 1. The van der Waals surface area contributed by atoms with E-state index in [9.17, 15) is 22.0 Å². The molecule has 0 radical (unpaired) electrons. The Labute approximate surface area is 134 Å². The summed E-state index contributed by atoms with van der Waals surface area (Å²) < 4.78 is 52.4. The summed E-state index contributed by atoms with van der Waals surface area (Å²) in [4.78, 5) is 12.1. The number of ether oxygens (including phenoxy) is 1. The molecule has 1 N–H and O–H groups in total. The van der Waals surface area contributed by atoms with E-state index >= 15 is 0 Å². The van der Waals surface area contributed by atoms with Crippen LogP contribution in [0.1, 0.15) is 39.3 Å². The summed E-state index contributed by atoms with van der Waals surface area (Å²) >= 11 is 0. The molecule has 130 valence electrons. The second-order valence-electron chi connectivity index (χ2n) is 5.46. The molecule has 1 aromatic rings. The van der Waals surface area contributed by atoms with Gasteiger partial charge in [-0.1, -0.05) is 12.1 Å². The number of carbonyl (C=O) groups excluding carboxylic acids is 1. The average molecular weight is 349 g/mol. The quantitative estimate of drug-likeness (QED) is 0.821. The topological polar surface area (TPSA) is 72.5 Å². The summed E-state index contributed by atoms with van der Waals surface area (Å²) in [5.74, 6) is -0.586. The number of hydrogen-bond acceptors (Lipinski definition) is 4. The van der Waals surface area contributed by atoms with Crippen molar-refractivity contribution in [2.75, 3.05) is 0 Å². The van der Waals surface area contributed by atoms with Gasteiger partial charge in [-0.25, -0.2) is 8.42 Å². The molecule has 0 unspecified atom stereocenters. The van der Waals surface area contributed by atoms with Gasteiger partial charge < -0.3 is 10.1 Å². The summed E-state index contributed by atoms with van der Waals surface area (Å²) in [7, 11) is -3.54. The predicted octanol–water partition coefficient (Wildman–Crippen LogP) is 2.68. The highest BCUT2D eigenvalue weighted by atomic mass is 32.2. The third-order valence-electron chi connectivity index (χ3n) is 3.48. The van der Waals surface area contributed by atoms with Crippen molar-refractivity contribution in [2.24, 2.45) is 0 Å². The van der Waals surface area contributed by atoms with Gasteiger partial charge in [-0.3, -0.25) is 4.79 Å². The van der Waals surface area contributed by atoms with Crippen molar-refractivity contribution in [1.82, 2.24) is 5.32 Å². The van der Waals surface area contributed by atoms with Gasteiger partial charge >= 0.3 is 6.61 Å². The maximum Gasteiger partial charge on any atom is 0.387 e. The minimum absolute atomic E-state index is 0.0121. The lowest BCUT2D eigenvalue weighted by Crippen LogP contribution is -2.41. The molecular formula is C15H21F2NO4S. The van der Waals surface area contributed by atoms with Crippen molar-refractivity contribution in [1.29, 1.82) is 0 Å². The molecule has 0 aliphatic carbocycles. The van der Waals surface area contributed by atoms with E-state index in [0.717, 1.165) is 0 Å². The summed E-state index contributed by atoms with van der Waals surface area (Å²) in [6.45, 7) is 3.15. The fourth-order valence-corrected chi connectivity index (χ4v) is 3.09. The molecule has 1 aromatic carbocycles. The Balaban J connectivity index is 2.75. The van der Waals surface area contributed by atoms with Gasteiger partial charge in [-0.15, -0.1) is 0 Å². The predicted molar refractivity (Wildman–Crippen MR) is 83.1 cm³/mol. The van der Waals surface area contributed by atoms with Gasteiger partial charge in [-0.2, -0.15) is 8.78 Å². The molecule has 1 amide bonds. The Morgan fingerprint density at radius 2 is 1.61 bits per heavy atom. The maximum atomic E-state index is 12.1. The highest BCUT2D eigenvalue weighted by Gasteiger charge is 2.31. The van der Waals surface area contributed by atoms with Crippen LogP contribution in [0.4, 0.5) is 8.78 Å². The standard InChI is InChI=1S/C15H21F2NO4S/c1-9(2)23(20,21)11(4)14(19)18-10(3)12-5-7-13(8-6-12)22-15(16)17/h5-11,15H,1-4H3,(H,18,19)/t10-,11+/m1/s1. The van der Waals surface area contributed by atoms with Gasteiger partial charge in [0.1, 0.15) is 11.0 Å². The van der Waals surface area contributed by atoms with Crippen LogP contribution in [0.3, 0.4) is 0 Å². The van der Waals surface area contributed by atoms with E-state index in [1.807, 2.05) is 0 Å². The van der Waals surface area contributed by atoms with Crippen LogP contribution in [0.25, 0.3) is 0 Å². The molecule has 23 heavy (non-hydrogen) atoms. The summed E-state index contributed by atoms with van der Waals surface area (Å²) in [6, 6.07) is 5.32. The van der Waals surface area contributed by atoms with Gasteiger partial charge in [-0.05, 0) is 45.4 Å². The minimum Gasteiger partial charge on any atom is -0.435 e. The van der Waals surface area contributed by atoms with Gasteiger partial charge in [0.2, 0.25) is 5.91 Å². The molecule has 1 rings (SSSR count). The van der Waals surface area contributed by atoms with E-state index in [4.69, 9.17) is 0 Å². The molecule has 0 spiro atoms. The number of benzene rings is 1. The van der Waals surface area contributed by atoms with E-state index < -0.39 is 38.9 Å². The fourth-order valence-electron chi connectivity index (χ4n) is 1.91. The minimum atomic E-state index is -3.54. The molecular weight excluding hydrogens is 328 g/mol. The van der Waals surface area contributed by atoms with Crippen LogP contribution in [0, 0.1) is 0 Å². The summed E-state index contributed by atoms with van der Waals surface area (Å²) in [5.41, 5.74) is 0.647. The van der Waals surface area contributed by atoms with E-state index in [-0.39, 0.29) is 5.75 Å². The third kappa shape index (κ3) is 5.16. The van der Waals surface area contributed by atoms with Crippen molar-refractivity contribution in [3.63, 3.8) is 0 Å². The summed E-state index contributed by atoms with van der Waals surface area (Å²) in [6.07, 6.45) is 0. The molecule has 0 saturated heterocycles. The van der Waals surface area contributed by atoms with Crippen LogP contribution in [-0.4, -0.2) is 31.4 Å². The van der Waals surface area contributed by atoms with Crippen molar-refractivity contribution in [2.45, 2.75) is 50.8 Å². The molecule has 0 aliphatic heterocycles. The second-order valence-corrected chi connectivity index (χ2v) is 8.29. The van der Waals surface area contributed by atoms with Crippen LogP contribution in [-0.2, 0) is 14.6 Å². The maximum absolute atomic E-state index is 12.1. The highest BCUT2D eigenvalue weighted by molar-refractivity contribution is 7.93. The van der Waals surface area contributed by atoms with Gasteiger partial charge in [0.25, 0.3) is 0 Å². The normalized spacial score (nSPS) is 14.6. The van der Waals surface area contributed by atoms with Crippen LogP contribution in [0.2, 0.25) is 0 Å².